The zero-order valence-corrected chi connectivity index (χ0v) is 8.84. The van der Waals surface area contributed by atoms with Crippen molar-refractivity contribution in [1.29, 1.82) is 0 Å². The third-order valence-electron chi connectivity index (χ3n) is 1.92. The van der Waals surface area contributed by atoms with E-state index in [0.717, 1.165) is 0 Å². The monoisotopic (exact) mass is 224 g/mol. The molecule has 15 heavy (non-hydrogen) atoms. The lowest BCUT2D eigenvalue weighted by Gasteiger charge is -1.94. The van der Waals surface area contributed by atoms with Crippen LogP contribution in [0.5, 0.6) is 0 Å². The molecule has 0 saturated heterocycles. The van der Waals surface area contributed by atoms with Gasteiger partial charge in [0.2, 0.25) is 5.91 Å². The number of rotatable bonds is 2. The number of carbonyl (C=O) groups is 1. The Hall–Kier alpha value is -1.55. The molecule has 0 atom stereocenters. The Bertz CT molecular complexity index is 507. The molecule has 0 unspecified atom stereocenters. The van der Waals surface area contributed by atoms with Crippen LogP contribution in [0.4, 0.5) is 6.01 Å². The molecular formula is C10H9ClN2O2. The Kier molecular flexibility index (Phi) is 2.60. The van der Waals surface area contributed by atoms with Gasteiger partial charge >= 0.3 is 6.01 Å². The largest absolute Gasteiger partial charge is 0.423 e. The zero-order chi connectivity index (χ0) is 10.8. The van der Waals surface area contributed by atoms with E-state index in [4.69, 9.17) is 16.0 Å². The van der Waals surface area contributed by atoms with E-state index in [1.165, 1.54) is 0 Å². The van der Waals surface area contributed by atoms with Crippen molar-refractivity contribution in [2.75, 3.05) is 5.32 Å². The number of anilines is 1. The lowest BCUT2D eigenvalue weighted by atomic mass is 10.3. The standard InChI is InChI=1S/C10H9ClN2O2/c1-2-9(14)13-10-12-7-5-6(11)3-4-8(7)15-10/h3-5H,2H2,1H3,(H,12,13,14). The third-order valence-corrected chi connectivity index (χ3v) is 2.15. The van der Waals surface area contributed by atoms with E-state index in [1.54, 1.807) is 25.1 Å². The van der Waals surface area contributed by atoms with Crippen molar-refractivity contribution in [3.05, 3.63) is 23.2 Å². The third kappa shape index (κ3) is 2.10. The van der Waals surface area contributed by atoms with E-state index < -0.39 is 0 Å². The van der Waals surface area contributed by atoms with Crippen molar-refractivity contribution in [1.82, 2.24) is 4.98 Å². The minimum absolute atomic E-state index is 0.132. The van der Waals surface area contributed by atoms with Gasteiger partial charge in [0.1, 0.15) is 5.52 Å². The van der Waals surface area contributed by atoms with Crippen LogP contribution in [-0.4, -0.2) is 10.9 Å². The number of halogens is 1. The van der Waals surface area contributed by atoms with Crippen molar-refractivity contribution in [3.63, 3.8) is 0 Å². The number of oxazole rings is 1. The Morgan fingerprint density at radius 3 is 3.13 bits per heavy atom. The van der Waals surface area contributed by atoms with Crippen LogP contribution in [-0.2, 0) is 4.79 Å². The van der Waals surface area contributed by atoms with Crippen molar-refractivity contribution in [2.45, 2.75) is 13.3 Å². The highest BCUT2D eigenvalue weighted by atomic mass is 35.5. The molecule has 1 aromatic carbocycles. The molecule has 0 aliphatic carbocycles. The maximum atomic E-state index is 11.1. The minimum Gasteiger partial charge on any atom is -0.423 e. The zero-order valence-electron chi connectivity index (χ0n) is 8.08. The van der Waals surface area contributed by atoms with E-state index >= 15 is 0 Å². The number of fused-ring (bicyclic) bond motifs is 1. The van der Waals surface area contributed by atoms with Gasteiger partial charge in [-0.05, 0) is 18.2 Å². The molecule has 2 rings (SSSR count). The molecular weight excluding hydrogens is 216 g/mol. The summed E-state index contributed by atoms with van der Waals surface area (Å²) in [5.74, 6) is -0.132. The number of benzene rings is 1. The van der Waals surface area contributed by atoms with E-state index in [-0.39, 0.29) is 11.9 Å². The van der Waals surface area contributed by atoms with Gasteiger partial charge in [-0.3, -0.25) is 10.1 Å². The van der Waals surface area contributed by atoms with E-state index in [9.17, 15) is 4.79 Å². The first kappa shape index (κ1) is 9.98. The maximum absolute atomic E-state index is 11.1. The van der Waals surface area contributed by atoms with Crippen LogP contribution >= 0.6 is 11.6 Å². The molecule has 1 heterocycles. The van der Waals surface area contributed by atoms with Crippen molar-refractivity contribution in [3.8, 4) is 0 Å². The summed E-state index contributed by atoms with van der Waals surface area (Å²) in [4.78, 5) is 15.2. The summed E-state index contributed by atoms with van der Waals surface area (Å²) in [6.45, 7) is 1.76. The van der Waals surface area contributed by atoms with E-state index in [1.807, 2.05) is 0 Å². The summed E-state index contributed by atoms with van der Waals surface area (Å²) >= 11 is 5.79. The predicted octanol–water partition coefficient (Wildman–Crippen LogP) is 2.83. The number of amides is 1. The molecule has 0 fully saturated rings. The van der Waals surface area contributed by atoms with Crippen LogP contribution in [0.3, 0.4) is 0 Å². The fourth-order valence-corrected chi connectivity index (χ4v) is 1.33. The first-order valence-corrected chi connectivity index (χ1v) is 4.93. The fourth-order valence-electron chi connectivity index (χ4n) is 1.16. The highest BCUT2D eigenvalue weighted by Gasteiger charge is 2.07. The van der Waals surface area contributed by atoms with Crippen LogP contribution < -0.4 is 5.32 Å². The number of nitrogens with one attached hydrogen (secondary N) is 1. The smallest absolute Gasteiger partial charge is 0.302 e. The Labute approximate surface area is 91.2 Å². The summed E-state index contributed by atoms with van der Waals surface area (Å²) in [7, 11) is 0. The average molecular weight is 225 g/mol. The molecule has 0 bridgehead atoms. The van der Waals surface area contributed by atoms with Crippen LogP contribution in [0.25, 0.3) is 11.1 Å². The first-order valence-electron chi connectivity index (χ1n) is 4.55. The predicted molar refractivity (Wildman–Crippen MR) is 57.9 cm³/mol. The van der Waals surface area contributed by atoms with Crippen molar-refractivity contribution in [2.24, 2.45) is 0 Å². The molecule has 1 aromatic heterocycles. The van der Waals surface area contributed by atoms with Crippen LogP contribution in [0.15, 0.2) is 22.6 Å². The minimum atomic E-state index is -0.132. The Morgan fingerprint density at radius 1 is 1.60 bits per heavy atom. The number of carbonyl (C=O) groups excluding carboxylic acids is 1. The summed E-state index contributed by atoms with van der Waals surface area (Å²) < 4.78 is 5.29. The number of aromatic nitrogens is 1. The number of nitrogens with zero attached hydrogens (tertiary/aromatic N) is 1. The molecule has 0 aliphatic heterocycles. The van der Waals surface area contributed by atoms with Crippen molar-refractivity contribution >= 4 is 34.6 Å². The molecule has 1 N–H and O–H groups in total. The molecule has 4 nitrogen and oxygen atoms in total. The first-order chi connectivity index (χ1) is 7.19. The van der Waals surface area contributed by atoms with Gasteiger partial charge in [0.15, 0.2) is 5.58 Å². The molecule has 2 aromatic rings. The SMILES string of the molecule is CCC(=O)Nc1nc2cc(Cl)ccc2o1. The van der Waals surface area contributed by atoms with Crippen LogP contribution in [0.2, 0.25) is 5.02 Å². The maximum Gasteiger partial charge on any atom is 0.302 e. The lowest BCUT2D eigenvalue weighted by Crippen LogP contribution is -2.09. The molecule has 78 valence electrons. The normalized spacial score (nSPS) is 10.5. The van der Waals surface area contributed by atoms with Gasteiger partial charge < -0.3 is 4.42 Å². The van der Waals surface area contributed by atoms with Gasteiger partial charge in [-0.15, -0.1) is 0 Å². The van der Waals surface area contributed by atoms with Crippen LogP contribution in [0.1, 0.15) is 13.3 Å². The summed E-state index contributed by atoms with van der Waals surface area (Å²) in [6.07, 6.45) is 0.388. The Morgan fingerprint density at radius 2 is 2.40 bits per heavy atom. The van der Waals surface area contributed by atoms with Gasteiger partial charge in [-0.2, -0.15) is 4.98 Å². The second-order valence-electron chi connectivity index (χ2n) is 3.03. The molecule has 0 aliphatic rings. The fraction of sp³-hybridized carbons (Fsp3) is 0.200. The highest BCUT2D eigenvalue weighted by molar-refractivity contribution is 6.31. The van der Waals surface area contributed by atoms with Gasteiger partial charge in [-0.25, -0.2) is 0 Å². The number of hydrogen-bond donors (Lipinski definition) is 1. The van der Waals surface area contributed by atoms with Crippen molar-refractivity contribution < 1.29 is 9.21 Å². The van der Waals surface area contributed by atoms with Gasteiger partial charge in [0.05, 0.1) is 0 Å². The molecule has 0 saturated carbocycles. The Balaban J connectivity index is 2.34. The second-order valence-corrected chi connectivity index (χ2v) is 3.47. The number of hydrogen-bond acceptors (Lipinski definition) is 3. The highest BCUT2D eigenvalue weighted by Crippen LogP contribution is 2.22. The second kappa shape index (κ2) is 3.90. The molecule has 0 spiro atoms. The van der Waals surface area contributed by atoms with E-state index in [2.05, 4.69) is 10.3 Å². The van der Waals surface area contributed by atoms with Gasteiger partial charge in [-0.1, -0.05) is 18.5 Å². The van der Waals surface area contributed by atoms with Crippen LogP contribution in [0, 0.1) is 0 Å². The average Bonchev–Trinajstić information content (AvgIpc) is 2.59. The summed E-state index contributed by atoms with van der Waals surface area (Å²) in [5, 5.41) is 3.13. The molecule has 1 amide bonds. The van der Waals surface area contributed by atoms with E-state index in [0.29, 0.717) is 22.5 Å². The lowest BCUT2D eigenvalue weighted by molar-refractivity contribution is -0.116. The quantitative estimate of drug-likeness (QED) is 0.854. The molecule has 5 heteroatoms. The van der Waals surface area contributed by atoms with Gasteiger partial charge in [0, 0.05) is 11.4 Å². The molecule has 0 radical (unpaired) electrons. The van der Waals surface area contributed by atoms with Gasteiger partial charge in [0.25, 0.3) is 0 Å². The summed E-state index contributed by atoms with van der Waals surface area (Å²) in [6, 6.07) is 5.31. The summed E-state index contributed by atoms with van der Waals surface area (Å²) in [5.41, 5.74) is 1.24. The topological polar surface area (TPSA) is 55.1 Å².